The van der Waals surface area contributed by atoms with Crippen LogP contribution < -0.4 is 0 Å². The van der Waals surface area contributed by atoms with E-state index in [1.165, 1.54) is 11.8 Å². The van der Waals surface area contributed by atoms with E-state index in [4.69, 9.17) is 10.7 Å². The summed E-state index contributed by atoms with van der Waals surface area (Å²) >= 11 is 4.59. The third-order valence-electron chi connectivity index (χ3n) is 1.62. The molecule has 1 aliphatic rings. The normalized spacial score (nSPS) is 16.2. The van der Waals surface area contributed by atoms with Gasteiger partial charge in [0.15, 0.2) is 10.2 Å². The maximum atomic E-state index is 11.1. The van der Waals surface area contributed by atoms with Crippen molar-refractivity contribution in [3.8, 4) is 0 Å². The molecule has 0 spiro atoms. The summed E-state index contributed by atoms with van der Waals surface area (Å²) in [6.45, 7) is 0.639. The molecule has 1 aliphatic heterocycles. The Balaban J connectivity index is 2.70. The van der Waals surface area contributed by atoms with E-state index in [0.29, 0.717) is 16.3 Å². The van der Waals surface area contributed by atoms with Crippen molar-refractivity contribution in [3.63, 3.8) is 0 Å². The smallest absolute Gasteiger partial charge is 0.279 e. The van der Waals surface area contributed by atoms with Crippen molar-refractivity contribution in [2.75, 3.05) is 5.75 Å². The van der Waals surface area contributed by atoms with E-state index >= 15 is 0 Å². The number of halogens is 2. The molecule has 1 aromatic rings. The number of rotatable bonds is 1. The van der Waals surface area contributed by atoms with E-state index in [1.807, 2.05) is 0 Å². The van der Waals surface area contributed by atoms with Crippen LogP contribution in [0.3, 0.4) is 0 Å². The summed E-state index contributed by atoms with van der Waals surface area (Å²) < 4.78 is 24.2. The molecule has 0 saturated carbocycles. The van der Waals surface area contributed by atoms with Gasteiger partial charge < -0.3 is 4.57 Å². The summed E-state index contributed by atoms with van der Waals surface area (Å²) in [6, 6.07) is 0. The van der Waals surface area contributed by atoms with Gasteiger partial charge in [-0.3, -0.25) is 0 Å². The van der Waals surface area contributed by atoms with Crippen LogP contribution in [0, 0.1) is 0 Å². The number of nitrogens with zero attached hydrogens (tertiary/aromatic N) is 2. The summed E-state index contributed by atoms with van der Waals surface area (Å²) in [6.07, 6.45) is 0. The van der Waals surface area contributed by atoms with E-state index in [9.17, 15) is 8.42 Å². The Morgan fingerprint density at radius 3 is 2.92 bits per heavy atom. The monoisotopic (exact) mass is 302 g/mol. The predicted octanol–water partition coefficient (Wildman–Crippen LogP) is 1.68. The van der Waals surface area contributed by atoms with Crippen LogP contribution in [0.15, 0.2) is 14.8 Å². The fourth-order valence-electron chi connectivity index (χ4n) is 1.16. The van der Waals surface area contributed by atoms with Gasteiger partial charge in [0.05, 0.1) is 0 Å². The zero-order chi connectivity index (χ0) is 9.64. The fourth-order valence-corrected chi connectivity index (χ4v) is 4.74. The lowest BCUT2D eigenvalue weighted by Crippen LogP contribution is -2.03. The lowest BCUT2D eigenvalue weighted by molar-refractivity contribution is 0.584. The average Bonchev–Trinajstić information content (AvgIpc) is 2.41. The summed E-state index contributed by atoms with van der Waals surface area (Å²) in [5, 5.41) is 0.764. The van der Waals surface area contributed by atoms with Crippen molar-refractivity contribution in [3.05, 3.63) is 4.60 Å². The minimum atomic E-state index is -3.70. The molecule has 0 radical (unpaired) electrons. The molecule has 8 heteroatoms. The molecule has 0 fully saturated rings. The first-order chi connectivity index (χ1) is 6.00. The van der Waals surface area contributed by atoms with Gasteiger partial charge in [-0.15, -0.1) is 0 Å². The molecule has 2 heterocycles. The maximum Gasteiger partial charge on any atom is 0.279 e. The molecule has 72 valence electrons. The van der Waals surface area contributed by atoms with Gasteiger partial charge in [0.2, 0.25) is 0 Å². The molecule has 0 aromatic carbocycles. The Morgan fingerprint density at radius 2 is 2.31 bits per heavy atom. The van der Waals surface area contributed by atoms with Gasteiger partial charge in [-0.25, -0.2) is 13.4 Å². The Kier molecular flexibility index (Phi) is 2.38. The van der Waals surface area contributed by atoms with Gasteiger partial charge in [0, 0.05) is 23.0 Å². The molecule has 1 aromatic heterocycles. The average molecular weight is 304 g/mol. The zero-order valence-corrected chi connectivity index (χ0v) is 10.2. The second-order valence-corrected chi connectivity index (χ2v) is 6.72. The minimum Gasteiger partial charge on any atom is -0.307 e. The molecule has 0 unspecified atom stereocenters. The van der Waals surface area contributed by atoms with Crippen molar-refractivity contribution < 1.29 is 8.42 Å². The Labute approximate surface area is 92.2 Å². The summed E-state index contributed by atoms with van der Waals surface area (Å²) in [5.74, 6) is 0.842. The van der Waals surface area contributed by atoms with Gasteiger partial charge in [-0.2, -0.15) is 0 Å². The van der Waals surface area contributed by atoms with Crippen LogP contribution in [0.2, 0.25) is 0 Å². The van der Waals surface area contributed by atoms with Crippen molar-refractivity contribution in [2.24, 2.45) is 0 Å². The molecule has 4 nitrogen and oxygen atoms in total. The molecule has 0 aliphatic carbocycles. The number of imidazole rings is 1. The molecule has 2 rings (SSSR count). The van der Waals surface area contributed by atoms with E-state index in [-0.39, 0.29) is 5.03 Å². The van der Waals surface area contributed by atoms with Crippen LogP contribution >= 0.6 is 38.4 Å². The first-order valence-corrected chi connectivity index (χ1v) is 7.42. The van der Waals surface area contributed by atoms with E-state index < -0.39 is 9.05 Å². The second-order valence-electron chi connectivity index (χ2n) is 2.43. The van der Waals surface area contributed by atoms with Crippen LogP contribution in [0.4, 0.5) is 0 Å². The minimum absolute atomic E-state index is 0.0640. The SMILES string of the molecule is O=S(=O)(Cl)c1c(Br)nc2n1CCS2. The Morgan fingerprint density at radius 1 is 1.62 bits per heavy atom. The highest BCUT2D eigenvalue weighted by molar-refractivity contribution is 9.10. The Hall–Kier alpha value is 0.280. The summed E-state index contributed by atoms with van der Waals surface area (Å²) in [7, 11) is 1.56. The fraction of sp³-hybridized carbons (Fsp3) is 0.400. The van der Waals surface area contributed by atoms with Gasteiger partial charge >= 0.3 is 0 Å². The molecule has 0 saturated heterocycles. The molecular formula is C5H4BrClN2O2S2. The number of fused-ring (bicyclic) bond motifs is 1. The standard InChI is InChI=1S/C5H4BrClN2O2S2/c6-3-4(13(7,10)11)9-1-2-12-5(9)8-3/h1-2H2. The highest BCUT2D eigenvalue weighted by Gasteiger charge is 2.27. The number of aromatic nitrogens is 2. The topological polar surface area (TPSA) is 52.0 Å². The highest BCUT2D eigenvalue weighted by atomic mass is 79.9. The largest absolute Gasteiger partial charge is 0.307 e. The van der Waals surface area contributed by atoms with Crippen LogP contribution in [-0.2, 0) is 15.6 Å². The van der Waals surface area contributed by atoms with Crippen molar-refractivity contribution in [1.82, 2.24) is 9.55 Å². The molecule has 13 heavy (non-hydrogen) atoms. The maximum absolute atomic E-state index is 11.1. The third-order valence-corrected chi connectivity index (χ3v) is 4.71. The number of hydrogen-bond acceptors (Lipinski definition) is 4. The summed E-state index contributed by atoms with van der Waals surface area (Å²) in [4.78, 5) is 4.04. The molecule has 0 bridgehead atoms. The highest BCUT2D eigenvalue weighted by Crippen LogP contribution is 2.34. The quantitative estimate of drug-likeness (QED) is 0.741. The van der Waals surface area contributed by atoms with Gasteiger partial charge in [-0.05, 0) is 15.9 Å². The number of hydrogen-bond donors (Lipinski definition) is 0. The molecular weight excluding hydrogens is 300 g/mol. The zero-order valence-electron chi connectivity index (χ0n) is 6.20. The second kappa shape index (κ2) is 3.15. The molecule has 0 N–H and O–H groups in total. The predicted molar refractivity (Wildman–Crippen MR) is 53.7 cm³/mol. The van der Waals surface area contributed by atoms with Crippen molar-refractivity contribution in [2.45, 2.75) is 16.7 Å². The van der Waals surface area contributed by atoms with Crippen molar-refractivity contribution >= 4 is 47.4 Å². The first-order valence-electron chi connectivity index (χ1n) is 3.33. The van der Waals surface area contributed by atoms with E-state index in [0.717, 1.165) is 5.75 Å². The number of thioether (sulfide) groups is 1. The van der Waals surface area contributed by atoms with Gasteiger partial charge in [-0.1, -0.05) is 11.8 Å². The van der Waals surface area contributed by atoms with Gasteiger partial charge in [0.25, 0.3) is 9.05 Å². The summed E-state index contributed by atoms with van der Waals surface area (Å²) in [5.41, 5.74) is 0. The van der Waals surface area contributed by atoms with Crippen LogP contribution in [0.25, 0.3) is 0 Å². The van der Waals surface area contributed by atoms with Gasteiger partial charge in [0.1, 0.15) is 4.60 Å². The lowest BCUT2D eigenvalue weighted by atomic mass is 10.7. The molecule has 0 amide bonds. The van der Waals surface area contributed by atoms with Crippen LogP contribution in [0.5, 0.6) is 0 Å². The molecule has 0 atom stereocenters. The van der Waals surface area contributed by atoms with Crippen molar-refractivity contribution in [1.29, 1.82) is 0 Å². The van der Waals surface area contributed by atoms with E-state index in [2.05, 4.69) is 20.9 Å². The lowest BCUT2D eigenvalue weighted by Gasteiger charge is -1.99. The van der Waals surface area contributed by atoms with Crippen LogP contribution in [-0.4, -0.2) is 23.7 Å². The Bertz CT molecular complexity index is 455. The van der Waals surface area contributed by atoms with E-state index in [1.54, 1.807) is 4.57 Å². The third kappa shape index (κ3) is 1.62. The first kappa shape index (κ1) is 9.82. The van der Waals surface area contributed by atoms with Crippen LogP contribution in [0.1, 0.15) is 0 Å².